The molecule has 0 saturated carbocycles. The van der Waals surface area contributed by atoms with Gasteiger partial charge in [-0.2, -0.15) is 0 Å². The molecule has 0 fully saturated rings. The van der Waals surface area contributed by atoms with Crippen molar-refractivity contribution in [3.05, 3.63) is 96.1 Å². The van der Waals surface area contributed by atoms with Crippen LogP contribution in [0.2, 0.25) is 0 Å². The van der Waals surface area contributed by atoms with Crippen LogP contribution in [-0.4, -0.2) is 103 Å². The van der Waals surface area contributed by atoms with Gasteiger partial charge in [-0.15, -0.1) is 10.2 Å². The van der Waals surface area contributed by atoms with Crippen molar-refractivity contribution in [3.8, 4) is 32.6 Å². The first-order valence-electron chi connectivity index (χ1n) is 17.6. The van der Waals surface area contributed by atoms with Crippen molar-refractivity contribution >= 4 is 22.1 Å². The molecule has 0 atom stereocenters. The molecule has 1 aromatic heterocycles. The Morgan fingerprint density at radius 3 is 1.12 bits per heavy atom. The lowest BCUT2D eigenvalue weighted by atomic mass is 10.0. The van der Waals surface area contributed by atoms with Crippen LogP contribution in [0.5, 0.6) is 11.5 Å². The van der Waals surface area contributed by atoms with Crippen LogP contribution < -0.4 is 9.47 Å². The van der Waals surface area contributed by atoms with Crippen molar-refractivity contribution in [1.29, 1.82) is 0 Å². The predicted octanol–water partition coefficient (Wildman–Crippen LogP) is 6.68. The SMILES string of the molecule is c1cc2cc3ccc2cc1CCOCCOCCOCCOc1ccc(cc1)-c1nnc(s1)-c1ccc(cc1)OCCOCCOCCOCC3. The van der Waals surface area contributed by atoms with Crippen LogP contribution in [0.1, 0.15) is 11.1 Å². The number of ether oxygens (including phenoxy) is 8. The van der Waals surface area contributed by atoms with E-state index in [0.717, 1.165) is 45.5 Å². The monoisotopic (exact) mass is 714 g/mol. The van der Waals surface area contributed by atoms with E-state index < -0.39 is 0 Å². The third-order valence-electron chi connectivity index (χ3n) is 8.15. The Labute approximate surface area is 303 Å². The average molecular weight is 715 g/mol. The van der Waals surface area contributed by atoms with Crippen molar-refractivity contribution in [2.24, 2.45) is 0 Å². The maximum absolute atomic E-state index is 5.84. The molecule has 0 amide bonds. The Morgan fingerprint density at radius 1 is 0.373 bits per heavy atom. The van der Waals surface area contributed by atoms with Crippen molar-refractivity contribution in [1.82, 2.24) is 10.2 Å². The highest BCUT2D eigenvalue weighted by molar-refractivity contribution is 7.17. The Hall–Kier alpha value is -3.94. The van der Waals surface area contributed by atoms with Crippen LogP contribution in [0.15, 0.2) is 84.9 Å². The highest BCUT2D eigenvalue weighted by Crippen LogP contribution is 2.31. The van der Waals surface area contributed by atoms with E-state index in [-0.39, 0.29) is 0 Å². The van der Waals surface area contributed by atoms with Crippen LogP contribution in [-0.2, 0) is 41.3 Å². The van der Waals surface area contributed by atoms with E-state index in [1.165, 1.54) is 21.9 Å². The van der Waals surface area contributed by atoms with Crippen molar-refractivity contribution in [2.45, 2.75) is 12.8 Å². The van der Waals surface area contributed by atoms with Gasteiger partial charge in [-0.1, -0.05) is 47.7 Å². The standard InChI is InChI=1S/C40H46N2O8S/c1-3-35-30-32-2-4-36(35)29-31(1)13-15-43-17-19-45-21-23-47-25-27-49-37-9-5-33(6-10-37)39-41-42-40(51-39)34-7-11-38(12-8-34)50-28-26-48-24-22-46-20-18-44-16-14-32/h1-12,29-30H,13-28H2. The summed E-state index contributed by atoms with van der Waals surface area (Å²) in [5, 5.41) is 13.0. The van der Waals surface area contributed by atoms with Gasteiger partial charge in [0.1, 0.15) is 34.7 Å². The molecule has 0 unspecified atom stereocenters. The number of aromatic nitrogens is 2. The van der Waals surface area contributed by atoms with Crippen molar-refractivity contribution in [3.63, 3.8) is 0 Å². The normalized spacial score (nSPS) is 17.2. The van der Waals surface area contributed by atoms with Crippen molar-refractivity contribution < 1.29 is 37.9 Å². The smallest absolute Gasteiger partial charge is 0.148 e. The fourth-order valence-electron chi connectivity index (χ4n) is 5.40. The minimum Gasteiger partial charge on any atom is -0.491 e. The first kappa shape index (κ1) is 36.8. The lowest BCUT2D eigenvalue weighted by molar-refractivity contribution is 0.00981. The molecule has 7 heterocycles. The summed E-state index contributed by atoms with van der Waals surface area (Å²) in [6.07, 6.45) is 1.72. The zero-order chi connectivity index (χ0) is 34.8. The van der Waals surface area contributed by atoms with Gasteiger partial charge in [0.25, 0.3) is 0 Å². The van der Waals surface area contributed by atoms with Gasteiger partial charge in [-0.05, 0) is 83.3 Å². The second kappa shape index (κ2) is 20.8. The third-order valence-corrected chi connectivity index (χ3v) is 9.17. The Bertz CT molecular complexity index is 1610. The molecule has 5 aromatic rings. The third kappa shape index (κ3) is 12.4. The molecular weight excluding hydrogens is 669 g/mol. The van der Waals surface area contributed by atoms with E-state index in [4.69, 9.17) is 37.9 Å². The summed E-state index contributed by atoms with van der Waals surface area (Å²) in [6, 6.07) is 28.9. The van der Waals surface area contributed by atoms with Crippen LogP contribution in [0.3, 0.4) is 0 Å². The molecule has 11 rings (SSSR count). The summed E-state index contributed by atoms with van der Waals surface area (Å²) in [7, 11) is 0. The lowest BCUT2D eigenvalue weighted by Gasteiger charge is -2.09. The molecule has 6 aliphatic rings. The van der Waals surface area contributed by atoms with Gasteiger partial charge in [0, 0.05) is 11.1 Å². The fraction of sp³-hybridized carbons (Fsp3) is 0.400. The summed E-state index contributed by atoms with van der Waals surface area (Å²) in [5.74, 6) is 1.55. The first-order valence-corrected chi connectivity index (χ1v) is 18.4. The maximum Gasteiger partial charge on any atom is 0.148 e. The van der Waals surface area contributed by atoms with E-state index in [2.05, 4.69) is 46.6 Å². The summed E-state index contributed by atoms with van der Waals surface area (Å²) >= 11 is 1.54. The van der Waals surface area contributed by atoms with Crippen LogP contribution in [0.4, 0.5) is 0 Å². The van der Waals surface area contributed by atoms with E-state index in [0.29, 0.717) is 92.5 Å². The summed E-state index contributed by atoms with van der Waals surface area (Å²) in [6.45, 7) is 7.42. The molecule has 11 heteroatoms. The maximum atomic E-state index is 5.84. The zero-order valence-corrected chi connectivity index (χ0v) is 29.8. The Balaban J connectivity index is 0.958. The molecule has 0 saturated heterocycles. The predicted molar refractivity (Wildman–Crippen MR) is 198 cm³/mol. The quantitative estimate of drug-likeness (QED) is 0.173. The van der Waals surface area contributed by atoms with Gasteiger partial charge in [0.05, 0.1) is 79.3 Å². The largest absolute Gasteiger partial charge is 0.491 e. The van der Waals surface area contributed by atoms with Gasteiger partial charge in [-0.3, -0.25) is 0 Å². The van der Waals surface area contributed by atoms with E-state index >= 15 is 0 Å². The molecule has 51 heavy (non-hydrogen) atoms. The summed E-state index contributed by atoms with van der Waals surface area (Å²) < 4.78 is 45.9. The average Bonchev–Trinajstić information content (AvgIpc) is 3.66. The van der Waals surface area contributed by atoms with E-state index in [9.17, 15) is 0 Å². The molecule has 10 nitrogen and oxygen atoms in total. The molecule has 0 aliphatic carbocycles. The minimum atomic E-state index is 0.456. The molecule has 0 N–H and O–H groups in total. The number of nitrogens with zero attached hydrogens (tertiary/aromatic N) is 2. The van der Waals surface area contributed by atoms with Crippen LogP contribution in [0, 0.1) is 0 Å². The van der Waals surface area contributed by atoms with Gasteiger partial charge < -0.3 is 37.9 Å². The second-order valence-electron chi connectivity index (χ2n) is 11.8. The molecule has 0 spiro atoms. The van der Waals surface area contributed by atoms with E-state index in [1.807, 2.05) is 48.5 Å². The van der Waals surface area contributed by atoms with Crippen LogP contribution in [0.25, 0.3) is 31.9 Å². The van der Waals surface area contributed by atoms with Crippen LogP contribution >= 0.6 is 11.3 Å². The second-order valence-corrected chi connectivity index (χ2v) is 12.8. The summed E-state index contributed by atoms with van der Waals surface area (Å²) in [5.41, 5.74) is 4.49. The van der Waals surface area contributed by atoms with Gasteiger partial charge in [0.2, 0.25) is 0 Å². The zero-order valence-electron chi connectivity index (χ0n) is 29.0. The topological polar surface area (TPSA) is 99.6 Å². The van der Waals surface area contributed by atoms with Gasteiger partial charge in [-0.25, -0.2) is 0 Å². The summed E-state index contributed by atoms with van der Waals surface area (Å²) in [4.78, 5) is 0. The number of fused-ring (bicyclic) bond motifs is 1. The Kier molecular flexibility index (Phi) is 15.0. The number of rotatable bonds is 0. The highest BCUT2D eigenvalue weighted by Gasteiger charge is 2.10. The fourth-order valence-corrected chi connectivity index (χ4v) is 6.25. The number of benzene rings is 4. The molecular formula is C40H46N2O8S. The first-order chi connectivity index (χ1) is 25.3. The van der Waals surface area contributed by atoms with Crippen molar-refractivity contribution in [2.75, 3.05) is 92.5 Å². The van der Waals surface area contributed by atoms with Gasteiger partial charge >= 0.3 is 0 Å². The molecule has 270 valence electrons. The highest BCUT2D eigenvalue weighted by atomic mass is 32.1. The molecule has 6 aliphatic heterocycles. The number of hydrogen-bond donors (Lipinski definition) is 0. The van der Waals surface area contributed by atoms with E-state index in [1.54, 1.807) is 11.3 Å². The number of hydrogen-bond acceptors (Lipinski definition) is 11. The van der Waals surface area contributed by atoms with Gasteiger partial charge in [0.15, 0.2) is 0 Å². The molecule has 4 aromatic carbocycles. The molecule has 0 radical (unpaired) electrons. The minimum absolute atomic E-state index is 0.456. The lowest BCUT2D eigenvalue weighted by Crippen LogP contribution is -2.13. The molecule has 10 bridgehead atoms. The Morgan fingerprint density at radius 2 is 0.725 bits per heavy atom.